The maximum absolute atomic E-state index is 8.87. The van der Waals surface area contributed by atoms with E-state index >= 15 is 0 Å². The minimum absolute atomic E-state index is 0.189. The average Bonchev–Trinajstić information content (AvgIpc) is 3.21. The van der Waals surface area contributed by atoms with Crippen LogP contribution in [0.1, 0.15) is 12.0 Å². The van der Waals surface area contributed by atoms with Crippen LogP contribution in [0, 0.1) is 0 Å². The number of nitrogen functional groups attached to an aromatic ring is 1. The number of thioether (sulfide) groups is 1. The molecule has 0 aliphatic heterocycles. The van der Waals surface area contributed by atoms with Gasteiger partial charge in [-0.25, -0.2) is 15.0 Å². The second kappa shape index (κ2) is 11.8. The number of aliphatic hydroxyl groups excluding tert-OH is 1. The van der Waals surface area contributed by atoms with E-state index in [-0.39, 0.29) is 6.61 Å². The third-order valence-corrected chi connectivity index (χ3v) is 6.40. The van der Waals surface area contributed by atoms with Gasteiger partial charge in [-0.05, 0) is 42.8 Å². The molecule has 0 spiro atoms. The van der Waals surface area contributed by atoms with Gasteiger partial charge in [0.2, 0.25) is 0 Å². The van der Waals surface area contributed by atoms with Crippen molar-refractivity contribution in [1.82, 2.24) is 20.3 Å². The van der Waals surface area contributed by atoms with Crippen molar-refractivity contribution in [1.29, 1.82) is 0 Å². The Morgan fingerprint density at radius 1 is 0.970 bits per heavy atom. The highest BCUT2D eigenvalue weighted by Crippen LogP contribution is 2.32. The first-order chi connectivity index (χ1) is 16.2. The maximum atomic E-state index is 8.87. The number of benzene rings is 2. The topological polar surface area (TPSA) is 118 Å². The van der Waals surface area contributed by atoms with E-state index in [9.17, 15) is 0 Å². The Bertz CT molecular complexity index is 1170. The number of hydrogen-bond acceptors (Lipinski definition) is 10. The van der Waals surface area contributed by atoms with Gasteiger partial charge in [-0.15, -0.1) is 0 Å². The fraction of sp³-hybridized carbons (Fsp3) is 0.261. The summed E-state index contributed by atoms with van der Waals surface area (Å²) in [7, 11) is 0. The lowest BCUT2D eigenvalue weighted by Gasteiger charge is -2.09. The van der Waals surface area contributed by atoms with E-state index in [2.05, 4.69) is 26.7 Å². The van der Waals surface area contributed by atoms with Crippen LogP contribution in [0.15, 0.2) is 59.8 Å². The summed E-state index contributed by atoms with van der Waals surface area (Å²) < 4.78 is 6.79. The third-order valence-electron chi connectivity index (χ3n) is 4.60. The lowest BCUT2D eigenvalue weighted by atomic mass is 10.2. The molecule has 5 N–H and O–H groups in total. The Morgan fingerprint density at radius 3 is 2.67 bits per heavy atom. The first-order valence-corrected chi connectivity index (χ1v) is 12.5. The lowest BCUT2D eigenvalue weighted by Crippen LogP contribution is -2.24. The van der Waals surface area contributed by atoms with Gasteiger partial charge in [0, 0.05) is 25.4 Å². The number of hydrogen-bond donors (Lipinski definition) is 4. The van der Waals surface area contributed by atoms with Crippen LogP contribution in [0.25, 0.3) is 10.3 Å². The van der Waals surface area contributed by atoms with Crippen LogP contribution in [-0.2, 0) is 5.75 Å². The number of aromatic nitrogens is 3. The Labute approximate surface area is 200 Å². The molecule has 0 unspecified atom stereocenters. The van der Waals surface area contributed by atoms with Crippen molar-refractivity contribution in [2.45, 2.75) is 17.3 Å². The predicted octanol–water partition coefficient (Wildman–Crippen LogP) is 4.14. The lowest BCUT2D eigenvalue weighted by molar-refractivity contribution is 0.286. The van der Waals surface area contributed by atoms with Crippen molar-refractivity contribution in [3.63, 3.8) is 0 Å². The van der Waals surface area contributed by atoms with Gasteiger partial charge in [0.05, 0.1) is 0 Å². The molecule has 2 heterocycles. The van der Waals surface area contributed by atoms with E-state index in [4.69, 9.17) is 20.6 Å². The molecule has 33 heavy (non-hydrogen) atoms. The van der Waals surface area contributed by atoms with Crippen LogP contribution in [0.5, 0.6) is 11.5 Å². The molecule has 0 bridgehead atoms. The summed E-state index contributed by atoms with van der Waals surface area (Å²) in [5, 5.41) is 16.6. The van der Waals surface area contributed by atoms with Gasteiger partial charge in [-0.3, -0.25) is 0 Å². The van der Waals surface area contributed by atoms with Crippen LogP contribution in [-0.4, -0.2) is 46.3 Å². The molecule has 0 amide bonds. The molecule has 4 rings (SSSR count). The fourth-order valence-corrected chi connectivity index (χ4v) is 4.59. The zero-order chi connectivity index (χ0) is 22.9. The number of aliphatic hydroxyl groups is 1. The van der Waals surface area contributed by atoms with Gasteiger partial charge < -0.3 is 26.2 Å². The number of nitrogens with two attached hydrogens (primary N) is 1. The molecule has 0 saturated heterocycles. The van der Waals surface area contributed by atoms with E-state index < -0.39 is 0 Å². The van der Waals surface area contributed by atoms with Gasteiger partial charge in [0.15, 0.2) is 21.8 Å². The second-order valence-electron chi connectivity index (χ2n) is 7.16. The number of nitrogens with zero attached hydrogens (tertiary/aromatic N) is 3. The summed E-state index contributed by atoms with van der Waals surface area (Å²) in [6.07, 6.45) is 0.738. The van der Waals surface area contributed by atoms with Gasteiger partial charge in [0.25, 0.3) is 0 Å². The number of nitrogens with one attached hydrogen (secondary N) is 2. The van der Waals surface area contributed by atoms with Crippen molar-refractivity contribution in [3.05, 3.63) is 60.2 Å². The molecule has 2 aromatic heterocycles. The van der Waals surface area contributed by atoms with Gasteiger partial charge in [0.1, 0.15) is 16.2 Å². The molecule has 172 valence electrons. The minimum Gasteiger partial charge on any atom is -0.457 e. The number of thiazole rings is 1. The van der Waals surface area contributed by atoms with Crippen LogP contribution in [0.4, 0.5) is 10.9 Å². The third kappa shape index (κ3) is 6.78. The number of anilines is 2. The van der Waals surface area contributed by atoms with E-state index in [0.717, 1.165) is 47.1 Å². The number of ether oxygens (including phenoxy) is 1. The number of para-hydroxylation sites is 1. The van der Waals surface area contributed by atoms with E-state index in [0.29, 0.717) is 28.2 Å². The van der Waals surface area contributed by atoms with Crippen LogP contribution >= 0.6 is 23.1 Å². The molecule has 0 aliphatic rings. The molecular formula is C23H26N6O2S2. The molecular weight excluding hydrogens is 456 g/mol. The standard InChI is InChI=1S/C23H26N6O2S2/c24-22-27-21-19(33-22)20(26-12-11-25-10-5-13-30)28-23(29-21)32-15-16-6-4-9-18(14-16)31-17-7-2-1-3-8-17/h1-4,6-9,14,25,30H,5,10-13,15H2,(H3,24,26,27,28,29). The highest BCUT2D eigenvalue weighted by molar-refractivity contribution is 7.98. The zero-order valence-electron chi connectivity index (χ0n) is 18.0. The van der Waals surface area contributed by atoms with Crippen molar-refractivity contribution < 1.29 is 9.84 Å². The Morgan fingerprint density at radius 2 is 1.82 bits per heavy atom. The van der Waals surface area contributed by atoms with Gasteiger partial charge >= 0.3 is 0 Å². The number of fused-ring (bicyclic) bond motifs is 1. The molecule has 4 aromatic rings. The van der Waals surface area contributed by atoms with E-state index in [1.807, 2.05) is 48.5 Å². The largest absolute Gasteiger partial charge is 0.457 e. The second-order valence-corrected chi connectivity index (χ2v) is 9.14. The van der Waals surface area contributed by atoms with Gasteiger partial charge in [-0.2, -0.15) is 0 Å². The Kier molecular flexibility index (Phi) is 8.31. The van der Waals surface area contributed by atoms with Crippen LogP contribution in [0.3, 0.4) is 0 Å². The van der Waals surface area contributed by atoms with Crippen LogP contribution in [0.2, 0.25) is 0 Å². The summed E-state index contributed by atoms with van der Waals surface area (Å²) >= 11 is 2.92. The summed E-state index contributed by atoms with van der Waals surface area (Å²) in [6.45, 7) is 2.42. The molecule has 10 heteroatoms. The highest BCUT2D eigenvalue weighted by atomic mass is 32.2. The summed E-state index contributed by atoms with van der Waals surface area (Å²) in [5.41, 5.74) is 7.63. The fourth-order valence-electron chi connectivity index (χ4n) is 3.07. The molecule has 8 nitrogen and oxygen atoms in total. The first-order valence-electron chi connectivity index (χ1n) is 10.7. The number of rotatable bonds is 12. The molecule has 0 aliphatic carbocycles. The van der Waals surface area contributed by atoms with E-state index in [1.54, 1.807) is 0 Å². The monoisotopic (exact) mass is 482 g/mol. The normalized spacial score (nSPS) is 11.1. The van der Waals surface area contributed by atoms with Crippen molar-refractivity contribution in [3.8, 4) is 11.5 Å². The van der Waals surface area contributed by atoms with Crippen molar-refractivity contribution >= 4 is 44.4 Å². The average molecular weight is 483 g/mol. The summed E-state index contributed by atoms with van der Waals surface area (Å²) in [4.78, 5) is 13.6. The van der Waals surface area contributed by atoms with Crippen molar-refractivity contribution in [2.24, 2.45) is 0 Å². The van der Waals surface area contributed by atoms with Gasteiger partial charge in [-0.1, -0.05) is 53.4 Å². The smallest absolute Gasteiger partial charge is 0.191 e. The first kappa shape index (κ1) is 23.2. The van der Waals surface area contributed by atoms with E-state index in [1.165, 1.54) is 23.1 Å². The molecule has 2 aromatic carbocycles. The zero-order valence-corrected chi connectivity index (χ0v) is 19.7. The Balaban J connectivity index is 1.41. The van der Waals surface area contributed by atoms with Crippen molar-refractivity contribution in [2.75, 3.05) is 37.3 Å². The highest BCUT2D eigenvalue weighted by Gasteiger charge is 2.13. The maximum Gasteiger partial charge on any atom is 0.191 e. The molecule has 0 saturated carbocycles. The summed E-state index contributed by atoms with van der Waals surface area (Å²) in [5.74, 6) is 3.03. The predicted molar refractivity (Wildman–Crippen MR) is 135 cm³/mol. The molecule has 0 radical (unpaired) electrons. The quantitative estimate of drug-likeness (QED) is 0.134. The molecule has 0 atom stereocenters. The summed E-state index contributed by atoms with van der Waals surface area (Å²) in [6, 6.07) is 17.7. The minimum atomic E-state index is 0.189. The SMILES string of the molecule is Nc1nc2nc(SCc3cccc(Oc4ccccc4)c3)nc(NCCNCCCO)c2s1. The Hall–Kier alpha value is -2.92. The molecule has 0 fully saturated rings. The van der Waals surface area contributed by atoms with Crippen LogP contribution < -0.4 is 21.1 Å².